The molecule has 3 heterocycles. The summed E-state index contributed by atoms with van der Waals surface area (Å²) in [5, 5.41) is 11.8. The van der Waals surface area contributed by atoms with E-state index in [0.717, 1.165) is 42.3 Å². The van der Waals surface area contributed by atoms with Crippen LogP contribution in [-0.4, -0.2) is 39.0 Å². The Bertz CT molecular complexity index is 929. The van der Waals surface area contributed by atoms with Crippen LogP contribution in [0.1, 0.15) is 30.1 Å². The van der Waals surface area contributed by atoms with E-state index in [1.807, 2.05) is 36.7 Å². The number of carbonyl (C=O) groups is 1. The molecule has 5 heteroatoms. The summed E-state index contributed by atoms with van der Waals surface area (Å²) in [4.78, 5) is 22.6. The highest BCUT2D eigenvalue weighted by atomic mass is 16.4. The van der Waals surface area contributed by atoms with Gasteiger partial charge in [0.25, 0.3) is 0 Å². The van der Waals surface area contributed by atoms with Crippen LogP contribution in [-0.2, 0) is 11.2 Å². The molecule has 138 valence electrons. The van der Waals surface area contributed by atoms with Crippen LogP contribution in [0.5, 0.6) is 0 Å². The lowest BCUT2D eigenvalue weighted by Gasteiger charge is -2.37. The van der Waals surface area contributed by atoms with E-state index in [1.165, 1.54) is 5.56 Å². The van der Waals surface area contributed by atoms with Crippen LogP contribution in [0.4, 0.5) is 0 Å². The van der Waals surface area contributed by atoms with E-state index in [9.17, 15) is 9.90 Å². The smallest absolute Gasteiger partial charge is 0.307 e. The van der Waals surface area contributed by atoms with Crippen molar-refractivity contribution >= 4 is 16.7 Å². The molecule has 1 fully saturated rings. The van der Waals surface area contributed by atoms with Crippen molar-refractivity contribution in [2.45, 2.75) is 25.3 Å². The molecule has 1 saturated heterocycles. The van der Waals surface area contributed by atoms with Gasteiger partial charge in [-0.05, 0) is 54.6 Å². The third-order valence-corrected chi connectivity index (χ3v) is 5.42. The summed E-state index contributed by atoms with van der Waals surface area (Å²) in [6.45, 7) is 1.50. The topological polar surface area (TPSA) is 66.3 Å². The number of fused-ring (bicyclic) bond motifs is 1. The van der Waals surface area contributed by atoms with Crippen molar-refractivity contribution in [1.82, 2.24) is 14.9 Å². The molecule has 0 saturated carbocycles. The Kier molecular flexibility index (Phi) is 5.12. The molecule has 0 bridgehead atoms. The fourth-order valence-corrected chi connectivity index (χ4v) is 3.97. The normalized spacial score (nSPS) is 19.0. The van der Waals surface area contributed by atoms with Gasteiger partial charge < -0.3 is 5.11 Å². The number of aliphatic carboxylic acids is 1. The zero-order chi connectivity index (χ0) is 18.6. The van der Waals surface area contributed by atoms with Crippen molar-refractivity contribution in [3.63, 3.8) is 0 Å². The fraction of sp³-hybridized carbons (Fsp3) is 0.318. The Labute approximate surface area is 158 Å². The fourth-order valence-electron chi connectivity index (χ4n) is 3.97. The number of benzene rings is 1. The van der Waals surface area contributed by atoms with Crippen LogP contribution in [0.2, 0.25) is 0 Å². The summed E-state index contributed by atoms with van der Waals surface area (Å²) in [6.07, 6.45) is 7.92. The zero-order valence-electron chi connectivity index (χ0n) is 15.2. The Morgan fingerprint density at radius 3 is 2.93 bits per heavy atom. The van der Waals surface area contributed by atoms with Crippen LogP contribution in [0, 0.1) is 5.92 Å². The molecule has 0 aliphatic carbocycles. The average Bonchev–Trinajstić information content (AvgIpc) is 2.72. The molecule has 2 atom stereocenters. The number of aromatic nitrogens is 2. The number of hydrogen-bond acceptors (Lipinski definition) is 4. The third-order valence-electron chi connectivity index (χ3n) is 5.42. The molecule has 5 nitrogen and oxygen atoms in total. The van der Waals surface area contributed by atoms with E-state index in [2.05, 4.69) is 33.1 Å². The minimum Gasteiger partial charge on any atom is -0.481 e. The van der Waals surface area contributed by atoms with Crippen molar-refractivity contribution in [1.29, 1.82) is 0 Å². The SMILES string of the molecule is O=C(O)C1CCCN(C(Cc2ccccn2)c2ccc3cnccc3c2)C1. The third kappa shape index (κ3) is 3.98. The van der Waals surface area contributed by atoms with E-state index in [4.69, 9.17) is 0 Å². The standard InChI is InChI=1S/C22H23N3O2/c26-22(27)19-4-3-11-25(15-19)21(13-20-5-1-2-9-24-20)17-6-7-18-14-23-10-8-16(18)12-17/h1-2,5-10,12,14,19,21H,3-4,11,13,15H2,(H,26,27). The molecule has 0 radical (unpaired) electrons. The van der Waals surface area contributed by atoms with Gasteiger partial charge in [0.05, 0.1) is 5.92 Å². The molecular weight excluding hydrogens is 338 g/mol. The second kappa shape index (κ2) is 7.84. The lowest BCUT2D eigenvalue weighted by atomic mass is 9.92. The summed E-state index contributed by atoms with van der Waals surface area (Å²) < 4.78 is 0. The van der Waals surface area contributed by atoms with Gasteiger partial charge in [0.1, 0.15) is 0 Å². The molecule has 1 aliphatic rings. The Balaban J connectivity index is 1.69. The van der Waals surface area contributed by atoms with Gasteiger partial charge in [-0.1, -0.05) is 18.2 Å². The summed E-state index contributed by atoms with van der Waals surface area (Å²) in [6, 6.07) is 14.5. The average molecular weight is 361 g/mol. The lowest BCUT2D eigenvalue weighted by Crippen LogP contribution is -2.41. The minimum atomic E-state index is -0.694. The number of rotatable bonds is 5. The first-order valence-electron chi connectivity index (χ1n) is 9.41. The molecule has 1 N–H and O–H groups in total. The lowest BCUT2D eigenvalue weighted by molar-refractivity contribution is -0.144. The van der Waals surface area contributed by atoms with Crippen molar-refractivity contribution in [2.75, 3.05) is 13.1 Å². The molecule has 0 amide bonds. The zero-order valence-corrected chi connectivity index (χ0v) is 15.2. The van der Waals surface area contributed by atoms with Gasteiger partial charge in [-0.25, -0.2) is 0 Å². The van der Waals surface area contributed by atoms with E-state index >= 15 is 0 Å². The molecule has 0 spiro atoms. The van der Waals surface area contributed by atoms with E-state index in [-0.39, 0.29) is 12.0 Å². The van der Waals surface area contributed by atoms with Gasteiger partial charge in [-0.15, -0.1) is 0 Å². The van der Waals surface area contributed by atoms with Gasteiger partial charge >= 0.3 is 5.97 Å². The van der Waals surface area contributed by atoms with E-state index in [0.29, 0.717) is 6.54 Å². The predicted octanol–water partition coefficient (Wildman–Crippen LogP) is 3.71. The number of hydrogen-bond donors (Lipinski definition) is 1. The van der Waals surface area contributed by atoms with Gasteiger partial charge in [0, 0.05) is 48.7 Å². The van der Waals surface area contributed by atoms with Crippen molar-refractivity contribution in [2.24, 2.45) is 5.92 Å². The maximum absolute atomic E-state index is 11.5. The van der Waals surface area contributed by atoms with Crippen LogP contribution in [0.3, 0.4) is 0 Å². The Morgan fingerprint density at radius 2 is 2.11 bits per heavy atom. The maximum atomic E-state index is 11.5. The highest BCUT2D eigenvalue weighted by Crippen LogP contribution is 2.31. The van der Waals surface area contributed by atoms with Gasteiger partial charge in [-0.3, -0.25) is 19.7 Å². The van der Waals surface area contributed by atoms with Gasteiger partial charge in [0.2, 0.25) is 0 Å². The van der Waals surface area contributed by atoms with Gasteiger partial charge in [0.15, 0.2) is 0 Å². The number of piperidine rings is 1. The second-order valence-corrected chi connectivity index (χ2v) is 7.20. The second-order valence-electron chi connectivity index (χ2n) is 7.20. The molecule has 3 aromatic rings. The van der Waals surface area contributed by atoms with E-state index < -0.39 is 5.97 Å². The highest BCUT2D eigenvalue weighted by molar-refractivity contribution is 5.82. The summed E-state index contributed by atoms with van der Waals surface area (Å²) in [7, 11) is 0. The van der Waals surface area contributed by atoms with Crippen LogP contribution >= 0.6 is 0 Å². The first-order valence-corrected chi connectivity index (χ1v) is 9.41. The number of pyridine rings is 2. The molecule has 1 aliphatic heterocycles. The van der Waals surface area contributed by atoms with Crippen LogP contribution in [0.25, 0.3) is 10.8 Å². The van der Waals surface area contributed by atoms with Crippen molar-refractivity contribution in [3.8, 4) is 0 Å². The Hall–Kier alpha value is -2.79. The Morgan fingerprint density at radius 1 is 1.19 bits per heavy atom. The summed E-state index contributed by atoms with van der Waals surface area (Å²) >= 11 is 0. The first kappa shape index (κ1) is 17.6. The number of carboxylic acids is 1. The number of likely N-dealkylation sites (tertiary alicyclic amines) is 1. The van der Waals surface area contributed by atoms with Crippen LogP contribution < -0.4 is 0 Å². The highest BCUT2D eigenvalue weighted by Gasteiger charge is 2.30. The first-order chi connectivity index (χ1) is 13.2. The number of nitrogens with zero attached hydrogens (tertiary/aromatic N) is 3. The molecule has 2 unspecified atom stereocenters. The van der Waals surface area contributed by atoms with Crippen molar-refractivity contribution < 1.29 is 9.90 Å². The van der Waals surface area contributed by atoms with Gasteiger partial charge in [-0.2, -0.15) is 0 Å². The molecular formula is C22H23N3O2. The molecule has 1 aromatic carbocycles. The van der Waals surface area contributed by atoms with Crippen LogP contribution in [0.15, 0.2) is 61.1 Å². The molecule has 4 rings (SSSR count). The van der Waals surface area contributed by atoms with Crippen molar-refractivity contribution in [3.05, 3.63) is 72.3 Å². The minimum absolute atomic E-state index is 0.111. The summed E-state index contributed by atoms with van der Waals surface area (Å²) in [5.41, 5.74) is 2.22. The number of carboxylic acid groups (broad SMARTS) is 1. The largest absolute Gasteiger partial charge is 0.481 e. The monoisotopic (exact) mass is 361 g/mol. The van der Waals surface area contributed by atoms with E-state index in [1.54, 1.807) is 6.20 Å². The quantitative estimate of drug-likeness (QED) is 0.750. The summed E-state index contributed by atoms with van der Waals surface area (Å²) in [5.74, 6) is -0.990. The molecule has 2 aromatic heterocycles. The maximum Gasteiger partial charge on any atom is 0.307 e. The predicted molar refractivity (Wildman–Crippen MR) is 104 cm³/mol. The molecule has 27 heavy (non-hydrogen) atoms.